The second-order valence-electron chi connectivity index (χ2n) is 2.44. The quantitative estimate of drug-likeness (QED) is 0.838. The molecule has 70 valence electrons. The van der Waals surface area contributed by atoms with Crippen LogP contribution in [0.3, 0.4) is 0 Å². The van der Waals surface area contributed by atoms with E-state index in [1.54, 1.807) is 0 Å². The van der Waals surface area contributed by atoms with E-state index in [1.807, 2.05) is 0 Å². The summed E-state index contributed by atoms with van der Waals surface area (Å²) in [5.74, 6) is -2.00. The number of carbonyl (C=O) groups is 1. The van der Waals surface area contributed by atoms with Gasteiger partial charge in [0.1, 0.15) is 5.82 Å². The molecule has 0 aliphatic rings. The van der Waals surface area contributed by atoms with Crippen LogP contribution < -0.4 is 0 Å². The van der Waals surface area contributed by atoms with E-state index in [4.69, 9.17) is 10.2 Å². The van der Waals surface area contributed by atoms with Crippen molar-refractivity contribution in [2.24, 2.45) is 0 Å². The van der Waals surface area contributed by atoms with Crippen LogP contribution >= 0.6 is 15.9 Å². The molecule has 1 aromatic carbocycles. The lowest BCUT2D eigenvalue weighted by Gasteiger charge is -2.05. The highest BCUT2D eigenvalue weighted by atomic mass is 79.9. The number of aliphatic hydroxyl groups excluding tert-OH is 1. The van der Waals surface area contributed by atoms with Crippen LogP contribution in [0.4, 0.5) is 4.39 Å². The molecule has 0 amide bonds. The van der Waals surface area contributed by atoms with Gasteiger partial charge in [-0.2, -0.15) is 0 Å². The highest BCUT2D eigenvalue weighted by molar-refractivity contribution is 9.10. The van der Waals surface area contributed by atoms with Gasteiger partial charge in [0.25, 0.3) is 0 Å². The van der Waals surface area contributed by atoms with E-state index >= 15 is 0 Å². The number of benzene rings is 1. The monoisotopic (exact) mass is 248 g/mol. The molecule has 1 atom stereocenters. The van der Waals surface area contributed by atoms with E-state index in [0.717, 1.165) is 6.07 Å². The Morgan fingerprint density at radius 3 is 2.54 bits per heavy atom. The number of carboxylic acids is 1. The largest absolute Gasteiger partial charge is 0.479 e. The van der Waals surface area contributed by atoms with E-state index in [1.165, 1.54) is 12.1 Å². The summed E-state index contributed by atoms with van der Waals surface area (Å²) < 4.78 is 13.1. The van der Waals surface area contributed by atoms with Crippen LogP contribution in [-0.2, 0) is 4.79 Å². The van der Waals surface area contributed by atoms with Gasteiger partial charge in [0.2, 0.25) is 0 Å². The highest BCUT2D eigenvalue weighted by Crippen LogP contribution is 2.20. The molecule has 0 fully saturated rings. The van der Waals surface area contributed by atoms with Gasteiger partial charge < -0.3 is 10.2 Å². The summed E-state index contributed by atoms with van der Waals surface area (Å²) in [4.78, 5) is 10.3. The van der Waals surface area contributed by atoms with Gasteiger partial charge in [-0.3, -0.25) is 0 Å². The van der Waals surface area contributed by atoms with Gasteiger partial charge in [0.15, 0.2) is 6.10 Å². The Hall–Kier alpha value is -0.940. The number of halogens is 2. The first-order valence-corrected chi connectivity index (χ1v) is 4.17. The van der Waals surface area contributed by atoms with Crippen LogP contribution in [-0.4, -0.2) is 16.2 Å². The molecule has 0 spiro atoms. The maximum absolute atomic E-state index is 12.7. The molecule has 0 heterocycles. The van der Waals surface area contributed by atoms with Gasteiger partial charge in [-0.1, -0.05) is 15.9 Å². The molecule has 5 heteroatoms. The predicted octanol–water partition coefficient (Wildman–Crippen LogP) is 1.71. The van der Waals surface area contributed by atoms with Crippen molar-refractivity contribution < 1.29 is 19.4 Å². The van der Waals surface area contributed by atoms with Gasteiger partial charge >= 0.3 is 5.97 Å². The molecule has 2 N–H and O–H groups in total. The van der Waals surface area contributed by atoms with Crippen molar-refractivity contribution >= 4 is 21.9 Å². The first-order valence-electron chi connectivity index (χ1n) is 3.37. The zero-order valence-corrected chi connectivity index (χ0v) is 7.95. The summed E-state index contributed by atoms with van der Waals surface area (Å²) in [6.45, 7) is 0. The van der Waals surface area contributed by atoms with Gasteiger partial charge in [-0.15, -0.1) is 0 Å². The lowest BCUT2D eigenvalue weighted by molar-refractivity contribution is -0.146. The number of rotatable bonds is 2. The second kappa shape index (κ2) is 3.85. The maximum atomic E-state index is 12.7. The van der Waals surface area contributed by atoms with Crippen molar-refractivity contribution in [2.45, 2.75) is 6.10 Å². The van der Waals surface area contributed by atoms with Crippen LogP contribution in [0.25, 0.3) is 0 Å². The number of aliphatic carboxylic acids is 1. The molecule has 0 aliphatic carbocycles. The van der Waals surface area contributed by atoms with Crippen LogP contribution in [0.1, 0.15) is 11.7 Å². The van der Waals surface area contributed by atoms with Crippen LogP contribution in [0, 0.1) is 5.82 Å². The fourth-order valence-corrected chi connectivity index (χ4v) is 1.36. The Bertz CT molecular complexity index is 320. The Labute approximate surface area is 81.9 Å². The first-order chi connectivity index (χ1) is 6.00. The fourth-order valence-electron chi connectivity index (χ4n) is 0.876. The molecule has 1 unspecified atom stereocenters. The molecule has 0 aliphatic heterocycles. The van der Waals surface area contributed by atoms with Crippen LogP contribution in [0.5, 0.6) is 0 Å². The van der Waals surface area contributed by atoms with Gasteiger partial charge in [-0.05, 0) is 23.8 Å². The summed E-state index contributed by atoms with van der Waals surface area (Å²) >= 11 is 2.99. The fraction of sp³-hybridized carbons (Fsp3) is 0.125. The van der Waals surface area contributed by atoms with E-state index in [-0.39, 0.29) is 5.56 Å². The lowest BCUT2D eigenvalue weighted by Crippen LogP contribution is -2.10. The third-order valence-corrected chi connectivity index (χ3v) is 1.89. The van der Waals surface area contributed by atoms with Gasteiger partial charge in [-0.25, -0.2) is 9.18 Å². The molecule has 13 heavy (non-hydrogen) atoms. The van der Waals surface area contributed by atoms with Crippen molar-refractivity contribution in [1.29, 1.82) is 0 Å². The standard InChI is InChI=1S/C8H6BrFO3/c9-5-1-4(2-6(10)3-5)7(11)8(12)13/h1-3,7,11H,(H,12,13). The second-order valence-corrected chi connectivity index (χ2v) is 3.36. The minimum atomic E-state index is -1.69. The number of hydrogen-bond acceptors (Lipinski definition) is 2. The third-order valence-electron chi connectivity index (χ3n) is 1.43. The topological polar surface area (TPSA) is 57.5 Å². The normalized spacial score (nSPS) is 12.5. The Morgan fingerprint density at radius 1 is 1.46 bits per heavy atom. The van der Waals surface area contributed by atoms with Gasteiger partial charge in [0, 0.05) is 4.47 Å². The summed E-state index contributed by atoms with van der Waals surface area (Å²) in [7, 11) is 0. The van der Waals surface area contributed by atoms with Crippen LogP contribution in [0.2, 0.25) is 0 Å². The number of hydrogen-bond donors (Lipinski definition) is 2. The SMILES string of the molecule is O=C(O)C(O)c1cc(F)cc(Br)c1. The highest BCUT2D eigenvalue weighted by Gasteiger charge is 2.16. The minimum absolute atomic E-state index is 0.0133. The Balaban J connectivity index is 3.07. The molecule has 0 radical (unpaired) electrons. The van der Waals surface area contributed by atoms with E-state index in [0.29, 0.717) is 4.47 Å². The summed E-state index contributed by atoms with van der Waals surface area (Å²) in [5, 5.41) is 17.5. The van der Waals surface area contributed by atoms with E-state index in [9.17, 15) is 9.18 Å². The Morgan fingerprint density at radius 2 is 2.08 bits per heavy atom. The Kier molecular flexibility index (Phi) is 3.00. The lowest BCUT2D eigenvalue weighted by atomic mass is 10.1. The van der Waals surface area contributed by atoms with Crippen LogP contribution in [0.15, 0.2) is 22.7 Å². The molecular weight excluding hydrogens is 243 g/mol. The smallest absolute Gasteiger partial charge is 0.337 e. The van der Waals surface area contributed by atoms with E-state index < -0.39 is 17.9 Å². The third kappa shape index (κ3) is 2.50. The molecule has 0 saturated heterocycles. The summed E-state index contributed by atoms with van der Waals surface area (Å²) in [5.41, 5.74) is 0.0133. The van der Waals surface area contributed by atoms with E-state index in [2.05, 4.69) is 15.9 Å². The average Bonchev–Trinajstić information content (AvgIpc) is 2.01. The molecule has 1 rings (SSSR count). The van der Waals surface area contributed by atoms with Crippen molar-refractivity contribution in [3.63, 3.8) is 0 Å². The molecule has 0 bridgehead atoms. The predicted molar refractivity (Wildman–Crippen MR) is 46.7 cm³/mol. The molecule has 1 aromatic rings. The molecule has 0 aromatic heterocycles. The molecule has 0 saturated carbocycles. The zero-order chi connectivity index (χ0) is 10.0. The average molecular weight is 249 g/mol. The van der Waals surface area contributed by atoms with Crippen molar-refractivity contribution in [3.8, 4) is 0 Å². The summed E-state index contributed by atoms with van der Waals surface area (Å²) in [6.07, 6.45) is -1.69. The maximum Gasteiger partial charge on any atom is 0.337 e. The van der Waals surface area contributed by atoms with Crippen molar-refractivity contribution in [1.82, 2.24) is 0 Å². The molecule has 3 nitrogen and oxygen atoms in total. The minimum Gasteiger partial charge on any atom is -0.479 e. The summed E-state index contributed by atoms with van der Waals surface area (Å²) in [6, 6.07) is 3.50. The zero-order valence-electron chi connectivity index (χ0n) is 6.37. The first kappa shape index (κ1) is 10.1. The molecular formula is C8H6BrFO3. The number of carboxylic acid groups (broad SMARTS) is 1. The van der Waals surface area contributed by atoms with Gasteiger partial charge in [0.05, 0.1) is 0 Å². The van der Waals surface area contributed by atoms with Crippen molar-refractivity contribution in [3.05, 3.63) is 34.1 Å². The van der Waals surface area contributed by atoms with Crippen molar-refractivity contribution in [2.75, 3.05) is 0 Å². The number of aliphatic hydroxyl groups is 1.